The number of ether oxygens (including phenoxy) is 1. The highest BCUT2D eigenvalue weighted by Gasteiger charge is 2.29. The third-order valence-corrected chi connectivity index (χ3v) is 2.19. The summed E-state index contributed by atoms with van der Waals surface area (Å²) in [6.45, 7) is 2.50. The van der Waals surface area contributed by atoms with Crippen LogP contribution in [-0.4, -0.2) is 36.9 Å². The van der Waals surface area contributed by atoms with Crippen LogP contribution in [-0.2, 0) is 14.3 Å². The minimum Gasteiger partial charge on any atom is -0.463 e. The summed E-state index contributed by atoms with van der Waals surface area (Å²) in [4.78, 5) is 24.1. The smallest absolute Gasteiger partial charge is 0.332 e. The molecule has 4 heteroatoms. The van der Waals surface area contributed by atoms with E-state index in [1.54, 1.807) is 25.1 Å². The van der Waals surface area contributed by atoms with Crippen molar-refractivity contribution in [2.45, 2.75) is 19.8 Å². The Balaban J connectivity index is 2.24. The van der Waals surface area contributed by atoms with Gasteiger partial charge in [-0.2, -0.15) is 0 Å². The van der Waals surface area contributed by atoms with E-state index in [1.807, 2.05) is 0 Å². The predicted molar refractivity (Wildman–Crippen MR) is 56.1 cm³/mol. The summed E-state index contributed by atoms with van der Waals surface area (Å²) in [5, 5.41) is 0. The average molecular weight is 211 g/mol. The summed E-state index contributed by atoms with van der Waals surface area (Å²) in [6, 6.07) is 0. The first-order valence-corrected chi connectivity index (χ1v) is 5.21. The zero-order valence-electron chi connectivity index (χ0n) is 9.23. The lowest BCUT2D eigenvalue weighted by Crippen LogP contribution is -2.22. The number of carbonyl (C=O) groups excluding carboxylic acids is 2. The molecule has 0 aromatic heterocycles. The van der Waals surface area contributed by atoms with Crippen LogP contribution in [0.5, 0.6) is 0 Å². The number of ketones is 1. The normalized spacial score (nSPS) is 15.3. The van der Waals surface area contributed by atoms with Crippen LogP contribution in [0.1, 0.15) is 19.8 Å². The molecule has 84 valence electrons. The van der Waals surface area contributed by atoms with E-state index >= 15 is 0 Å². The highest BCUT2D eigenvalue weighted by Crippen LogP contribution is 2.29. The first kappa shape index (κ1) is 11.8. The van der Waals surface area contributed by atoms with Crippen LogP contribution in [0, 0.1) is 5.92 Å². The average Bonchev–Trinajstić information content (AvgIpc) is 2.98. The molecule has 0 unspecified atom stereocenters. The predicted octanol–water partition coefficient (Wildman–Crippen LogP) is 0.974. The first-order chi connectivity index (χ1) is 7.13. The number of hydrogen-bond acceptors (Lipinski definition) is 4. The van der Waals surface area contributed by atoms with Crippen LogP contribution in [0.3, 0.4) is 0 Å². The third kappa shape index (κ3) is 4.63. The summed E-state index contributed by atoms with van der Waals surface area (Å²) >= 11 is 0. The van der Waals surface area contributed by atoms with Crippen molar-refractivity contribution >= 4 is 11.8 Å². The van der Waals surface area contributed by atoms with E-state index < -0.39 is 0 Å². The van der Waals surface area contributed by atoms with Gasteiger partial charge in [0, 0.05) is 25.2 Å². The van der Waals surface area contributed by atoms with Crippen molar-refractivity contribution in [3.05, 3.63) is 12.3 Å². The van der Waals surface area contributed by atoms with Crippen LogP contribution in [0.2, 0.25) is 0 Å². The van der Waals surface area contributed by atoms with Gasteiger partial charge in [-0.05, 0) is 19.8 Å². The van der Waals surface area contributed by atoms with E-state index in [1.165, 1.54) is 6.08 Å². The Hall–Kier alpha value is -1.32. The molecular weight excluding hydrogens is 194 g/mol. The van der Waals surface area contributed by atoms with Gasteiger partial charge >= 0.3 is 5.97 Å². The minimum absolute atomic E-state index is 0.256. The Morgan fingerprint density at radius 3 is 2.67 bits per heavy atom. The molecule has 0 atom stereocenters. The van der Waals surface area contributed by atoms with E-state index in [9.17, 15) is 9.59 Å². The molecule has 0 heterocycles. The second-order valence-corrected chi connectivity index (χ2v) is 3.72. The van der Waals surface area contributed by atoms with Gasteiger partial charge in [-0.25, -0.2) is 4.79 Å². The fourth-order valence-electron chi connectivity index (χ4n) is 1.21. The molecule has 1 rings (SSSR count). The Labute approximate surface area is 89.9 Å². The molecule has 0 bridgehead atoms. The number of carbonyl (C=O) groups is 2. The number of rotatable bonds is 6. The number of hydrogen-bond donors (Lipinski definition) is 0. The van der Waals surface area contributed by atoms with Crippen molar-refractivity contribution in [3.63, 3.8) is 0 Å². The molecule has 0 aromatic carbocycles. The Morgan fingerprint density at radius 1 is 1.47 bits per heavy atom. The van der Waals surface area contributed by atoms with Gasteiger partial charge in [-0.3, -0.25) is 4.79 Å². The lowest BCUT2D eigenvalue weighted by atomic mass is 10.2. The standard InChI is InChI=1S/C11H17NO3/c1-3-15-11(14)6-7-12(2)8-10(13)9-4-5-9/h6-7,9H,3-5,8H2,1-2H3/b7-6+. The van der Waals surface area contributed by atoms with Gasteiger partial charge in [0.15, 0.2) is 5.78 Å². The quantitative estimate of drug-likeness (QED) is 0.485. The third-order valence-electron chi connectivity index (χ3n) is 2.19. The Bertz CT molecular complexity index is 269. The van der Waals surface area contributed by atoms with Gasteiger partial charge in [0.2, 0.25) is 0 Å². The Morgan fingerprint density at radius 2 is 2.13 bits per heavy atom. The van der Waals surface area contributed by atoms with Crippen molar-refractivity contribution in [3.8, 4) is 0 Å². The SMILES string of the molecule is CCOC(=O)/C=C/N(C)CC(=O)C1CC1. The Kier molecular flexibility index (Phi) is 4.34. The second-order valence-electron chi connectivity index (χ2n) is 3.72. The maximum absolute atomic E-state index is 11.4. The van der Waals surface area contributed by atoms with Gasteiger partial charge in [-0.1, -0.05) is 0 Å². The van der Waals surface area contributed by atoms with Gasteiger partial charge in [0.1, 0.15) is 0 Å². The topological polar surface area (TPSA) is 46.6 Å². The second kappa shape index (κ2) is 5.53. The van der Waals surface area contributed by atoms with Crippen LogP contribution < -0.4 is 0 Å². The van der Waals surface area contributed by atoms with Crippen molar-refractivity contribution in [2.24, 2.45) is 5.92 Å². The van der Waals surface area contributed by atoms with Crippen LogP contribution in [0.25, 0.3) is 0 Å². The zero-order chi connectivity index (χ0) is 11.3. The number of nitrogens with zero attached hydrogens (tertiary/aromatic N) is 1. The van der Waals surface area contributed by atoms with Crippen molar-refractivity contribution in [2.75, 3.05) is 20.2 Å². The molecule has 1 fully saturated rings. The van der Waals surface area contributed by atoms with Gasteiger partial charge in [-0.15, -0.1) is 0 Å². The zero-order valence-corrected chi connectivity index (χ0v) is 9.23. The summed E-state index contributed by atoms with van der Waals surface area (Å²) < 4.78 is 4.72. The largest absolute Gasteiger partial charge is 0.463 e. The molecule has 0 N–H and O–H groups in total. The van der Waals surface area contributed by atoms with Crippen LogP contribution in [0.4, 0.5) is 0 Å². The van der Waals surface area contributed by atoms with Crippen LogP contribution >= 0.6 is 0 Å². The monoisotopic (exact) mass is 211 g/mol. The fraction of sp³-hybridized carbons (Fsp3) is 0.636. The molecule has 0 aromatic rings. The summed E-state index contributed by atoms with van der Waals surface area (Å²) in [5.74, 6) is 0.151. The molecule has 1 aliphatic rings. The molecule has 0 spiro atoms. The fourth-order valence-corrected chi connectivity index (χ4v) is 1.21. The first-order valence-electron chi connectivity index (χ1n) is 5.21. The number of likely N-dealkylation sites (N-methyl/N-ethyl adjacent to an activating group) is 1. The summed E-state index contributed by atoms with van der Waals surface area (Å²) in [6.07, 6.45) is 4.96. The highest BCUT2D eigenvalue weighted by atomic mass is 16.5. The van der Waals surface area contributed by atoms with E-state index in [0.717, 1.165) is 12.8 Å². The minimum atomic E-state index is -0.372. The molecule has 0 radical (unpaired) electrons. The molecule has 4 nitrogen and oxygen atoms in total. The molecule has 1 aliphatic carbocycles. The van der Waals surface area contributed by atoms with Gasteiger partial charge < -0.3 is 9.64 Å². The molecule has 0 aliphatic heterocycles. The lowest BCUT2D eigenvalue weighted by molar-refractivity contribution is -0.137. The number of Topliss-reactive ketones (excluding diaryl/α,β-unsaturated/α-hetero) is 1. The summed E-state index contributed by atoms with van der Waals surface area (Å²) in [7, 11) is 1.77. The molecular formula is C11H17NO3. The van der Waals surface area contributed by atoms with E-state index in [4.69, 9.17) is 4.74 Å². The van der Waals surface area contributed by atoms with Crippen molar-refractivity contribution in [1.82, 2.24) is 4.90 Å². The molecule has 15 heavy (non-hydrogen) atoms. The molecule has 0 amide bonds. The maximum Gasteiger partial charge on any atom is 0.332 e. The maximum atomic E-state index is 11.4. The van der Waals surface area contributed by atoms with Crippen LogP contribution in [0.15, 0.2) is 12.3 Å². The molecule has 1 saturated carbocycles. The van der Waals surface area contributed by atoms with E-state index in [0.29, 0.717) is 13.2 Å². The number of esters is 1. The van der Waals surface area contributed by atoms with E-state index in [-0.39, 0.29) is 17.7 Å². The van der Waals surface area contributed by atoms with E-state index in [2.05, 4.69) is 0 Å². The molecule has 0 saturated heterocycles. The van der Waals surface area contributed by atoms with Crippen molar-refractivity contribution < 1.29 is 14.3 Å². The van der Waals surface area contributed by atoms with Gasteiger partial charge in [0.25, 0.3) is 0 Å². The summed E-state index contributed by atoms with van der Waals surface area (Å²) in [5.41, 5.74) is 0. The highest BCUT2D eigenvalue weighted by molar-refractivity contribution is 5.85. The van der Waals surface area contributed by atoms with Crippen molar-refractivity contribution in [1.29, 1.82) is 0 Å². The lowest BCUT2D eigenvalue weighted by Gasteiger charge is -2.11. The van der Waals surface area contributed by atoms with Gasteiger partial charge in [0.05, 0.1) is 13.2 Å².